The van der Waals surface area contributed by atoms with Crippen molar-refractivity contribution in [3.05, 3.63) is 0 Å². The lowest BCUT2D eigenvalue weighted by Crippen LogP contribution is -2.53. The molecule has 2 aliphatic rings. The summed E-state index contributed by atoms with van der Waals surface area (Å²) in [4.78, 5) is 25.7. The van der Waals surface area contributed by atoms with E-state index in [1.807, 2.05) is 0 Å². The highest BCUT2D eigenvalue weighted by Crippen LogP contribution is 2.23. The zero-order valence-electron chi connectivity index (χ0n) is 9.57. The molecule has 0 unspecified atom stereocenters. The lowest BCUT2D eigenvalue weighted by molar-refractivity contribution is -0.150. The van der Waals surface area contributed by atoms with Gasteiger partial charge in [-0.3, -0.25) is 9.69 Å². The van der Waals surface area contributed by atoms with Gasteiger partial charge in [0.25, 0.3) is 0 Å². The molecule has 5 nitrogen and oxygen atoms in total. The number of cyclic esters (lactones) is 1. The molecule has 0 aliphatic carbocycles. The molecular formula is C10H13F3N2O3. The van der Waals surface area contributed by atoms with Crippen LogP contribution in [0.4, 0.5) is 18.0 Å². The van der Waals surface area contributed by atoms with E-state index in [0.717, 1.165) is 0 Å². The van der Waals surface area contributed by atoms with E-state index in [9.17, 15) is 22.8 Å². The van der Waals surface area contributed by atoms with Gasteiger partial charge in [0.15, 0.2) is 0 Å². The third-order valence-corrected chi connectivity index (χ3v) is 3.09. The van der Waals surface area contributed by atoms with Gasteiger partial charge in [-0.2, -0.15) is 13.2 Å². The average Bonchev–Trinajstić information content (AvgIpc) is 2.66. The number of amides is 2. The van der Waals surface area contributed by atoms with Gasteiger partial charge in [0.1, 0.15) is 6.61 Å². The van der Waals surface area contributed by atoms with Crippen molar-refractivity contribution in [2.45, 2.75) is 25.1 Å². The monoisotopic (exact) mass is 266 g/mol. The van der Waals surface area contributed by atoms with Crippen LogP contribution in [0, 0.1) is 0 Å². The zero-order chi connectivity index (χ0) is 13.3. The number of ether oxygens (including phenoxy) is 1. The van der Waals surface area contributed by atoms with Gasteiger partial charge in [-0.1, -0.05) is 0 Å². The van der Waals surface area contributed by atoms with Crippen LogP contribution in [0.2, 0.25) is 0 Å². The Bertz CT molecular complexity index is 359. The number of carbonyl (C=O) groups is 2. The van der Waals surface area contributed by atoms with Crippen LogP contribution in [-0.4, -0.2) is 60.3 Å². The third kappa shape index (κ3) is 2.85. The van der Waals surface area contributed by atoms with Crippen LogP contribution < -0.4 is 0 Å². The quantitative estimate of drug-likeness (QED) is 0.749. The molecule has 2 saturated heterocycles. The van der Waals surface area contributed by atoms with E-state index in [1.54, 1.807) is 0 Å². The molecule has 0 bridgehead atoms. The summed E-state index contributed by atoms with van der Waals surface area (Å²) >= 11 is 0. The first kappa shape index (κ1) is 13.0. The maximum Gasteiger partial charge on any atom is 0.410 e. The number of fused-ring (bicyclic) bond motifs is 1. The van der Waals surface area contributed by atoms with Crippen LogP contribution in [0.25, 0.3) is 0 Å². The normalized spacial score (nSPS) is 23.9. The van der Waals surface area contributed by atoms with E-state index in [1.165, 1.54) is 9.80 Å². The summed E-state index contributed by atoms with van der Waals surface area (Å²) in [5.74, 6) is -0.522. The van der Waals surface area contributed by atoms with E-state index in [0.29, 0.717) is 6.54 Å². The highest BCUT2D eigenvalue weighted by molar-refractivity contribution is 5.77. The van der Waals surface area contributed by atoms with Crippen molar-refractivity contribution < 1.29 is 27.5 Å². The minimum absolute atomic E-state index is 0.196. The SMILES string of the molecule is O=C(CCC(F)(F)F)N1CCN2C(=O)OC[C@@H]2C1. The van der Waals surface area contributed by atoms with E-state index < -0.39 is 31.0 Å². The predicted molar refractivity (Wildman–Crippen MR) is 53.7 cm³/mol. The minimum atomic E-state index is -4.32. The molecular weight excluding hydrogens is 253 g/mol. The second-order valence-electron chi connectivity index (χ2n) is 4.38. The van der Waals surface area contributed by atoms with Crippen molar-refractivity contribution in [2.75, 3.05) is 26.2 Å². The first-order chi connectivity index (χ1) is 8.37. The maximum absolute atomic E-state index is 12.0. The van der Waals surface area contributed by atoms with Gasteiger partial charge in [-0.05, 0) is 0 Å². The van der Waals surface area contributed by atoms with Crippen LogP contribution >= 0.6 is 0 Å². The molecule has 2 rings (SSSR count). The molecule has 0 N–H and O–H groups in total. The number of carbonyl (C=O) groups excluding carboxylic acids is 2. The van der Waals surface area contributed by atoms with E-state index in [4.69, 9.17) is 4.74 Å². The number of hydrogen-bond acceptors (Lipinski definition) is 3. The Morgan fingerprint density at radius 2 is 2.11 bits per heavy atom. The summed E-state index contributed by atoms with van der Waals surface area (Å²) < 4.78 is 40.8. The molecule has 18 heavy (non-hydrogen) atoms. The summed E-state index contributed by atoms with van der Waals surface area (Å²) in [5.41, 5.74) is 0. The Morgan fingerprint density at radius 3 is 2.78 bits per heavy atom. The minimum Gasteiger partial charge on any atom is -0.447 e. The molecule has 2 fully saturated rings. The first-order valence-corrected chi connectivity index (χ1v) is 5.65. The van der Waals surface area contributed by atoms with Crippen LogP contribution in [0.3, 0.4) is 0 Å². The van der Waals surface area contributed by atoms with Gasteiger partial charge >= 0.3 is 12.3 Å². The molecule has 2 amide bonds. The standard InChI is InChI=1S/C10H13F3N2O3/c11-10(12,13)2-1-8(16)14-3-4-15-7(5-14)6-18-9(15)17/h7H,1-6H2/t7-/m0/s1. The Morgan fingerprint density at radius 1 is 1.39 bits per heavy atom. The van der Waals surface area contributed by atoms with E-state index >= 15 is 0 Å². The topological polar surface area (TPSA) is 49.9 Å². The molecule has 0 radical (unpaired) electrons. The summed E-state index contributed by atoms with van der Waals surface area (Å²) in [5, 5.41) is 0. The van der Waals surface area contributed by atoms with Gasteiger partial charge in [-0.15, -0.1) is 0 Å². The van der Waals surface area contributed by atoms with Crippen LogP contribution in [-0.2, 0) is 9.53 Å². The Kier molecular flexibility index (Phi) is 3.36. The fourth-order valence-corrected chi connectivity index (χ4v) is 2.12. The molecule has 0 saturated carbocycles. The van der Waals surface area contributed by atoms with Crippen molar-refractivity contribution in [1.29, 1.82) is 0 Å². The molecule has 2 heterocycles. The fourth-order valence-electron chi connectivity index (χ4n) is 2.12. The number of hydrogen-bond donors (Lipinski definition) is 0. The summed E-state index contributed by atoms with van der Waals surface area (Å²) in [7, 11) is 0. The number of alkyl halides is 3. The molecule has 0 aromatic carbocycles. The molecule has 0 aromatic rings. The number of piperazine rings is 1. The number of halogens is 3. The molecule has 1 atom stereocenters. The highest BCUT2D eigenvalue weighted by Gasteiger charge is 2.39. The summed E-state index contributed by atoms with van der Waals surface area (Å²) in [6.07, 6.45) is -6.37. The number of rotatable bonds is 2. The maximum atomic E-state index is 12.0. The van der Waals surface area contributed by atoms with Crippen LogP contribution in [0.5, 0.6) is 0 Å². The molecule has 102 valence electrons. The van der Waals surface area contributed by atoms with Gasteiger partial charge < -0.3 is 9.64 Å². The lowest BCUT2D eigenvalue weighted by atomic mass is 10.1. The van der Waals surface area contributed by atoms with Crippen molar-refractivity contribution in [2.24, 2.45) is 0 Å². The molecule has 8 heteroatoms. The summed E-state index contributed by atoms with van der Waals surface area (Å²) in [6, 6.07) is -0.221. The molecule has 2 aliphatic heterocycles. The van der Waals surface area contributed by atoms with Gasteiger partial charge in [0, 0.05) is 26.1 Å². The highest BCUT2D eigenvalue weighted by atomic mass is 19.4. The fraction of sp³-hybridized carbons (Fsp3) is 0.800. The van der Waals surface area contributed by atoms with Crippen molar-refractivity contribution in [3.8, 4) is 0 Å². The van der Waals surface area contributed by atoms with Crippen molar-refractivity contribution in [1.82, 2.24) is 9.80 Å². The second kappa shape index (κ2) is 4.66. The Labute approximate surface area is 101 Å². The van der Waals surface area contributed by atoms with Crippen LogP contribution in [0.1, 0.15) is 12.8 Å². The Hall–Kier alpha value is -1.47. The Balaban J connectivity index is 1.84. The largest absolute Gasteiger partial charge is 0.447 e. The van der Waals surface area contributed by atoms with Crippen molar-refractivity contribution >= 4 is 12.0 Å². The molecule has 0 spiro atoms. The third-order valence-electron chi connectivity index (χ3n) is 3.09. The zero-order valence-corrected chi connectivity index (χ0v) is 9.57. The van der Waals surface area contributed by atoms with Gasteiger partial charge in [0.05, 0.1) is 12.5 Å². The van der Waals surface area contributed by atoms with Gasteiger partial charge in [-0.25, -0.2) is 4.79 Å². The predicted octanol–water partition coefficient (Wildman–Crippen LogP) is 0.992. The first-order valence-electron chi connectivity index (χ1n) is 5.65. The smallest absolute Gasteiger partial charge is 0.410 e. The number of nitrogens with zero attached hydrogens (tertiary/aromatic N) is 2. The molecule has 0 aromatic heterocycles. The van der Waals surface area contributed by atoms with Gasteiger partial charge in [0.2, 0.25) is 5.91 Å². The second-order valence-corrected chi connectivity index (χ2v) is 4.38. The summed E-state index contributed by atoms with van der Waals surface area (Å²) in [6.45, 7) is 1.04. The average molecular weight is 266 g/mol. The van der Waals surface area contributed by atoms with Crippen LogP contribution in [0.15, 0.2) is 0 Å². The van der Waals surface area contributed by atoms with E-state index in [2.05, 4.69) is 0 Å². The van der Waals surface area contributed by atoms with Crippen molar-refractivity contribution in [3.63, 3.8) is 0 Å². The van der Waals surface area contributed by atoms with E-state index in [-0.39, 0.29) is 25.7 Å². The lowest BCUT2D eigenvalue weighted by Gasteiger charge is -2.35.